The SMILES string of the molecule is Nc1ccc([N+](=O)[O-])c(Nn2cccc2)c1. The van der Waals surface area contributed by atoms with Crippen LogP contribution in [0.25, 0.3) is 0 Å². The molecule has 6 nitrogen and oxygen atoms in total. The van der Waals surface area contributed by atoms with Gasteiger partial charge < -0.3 is 5.73 Å². The lowest BCUT2D eigenvalue weighted by Gasteiger charge is -2.08. The highest BCUT2D eigenvalue weighted by Crippen LogP contribution is 2.26. The molecular formula is C10H10N4O2. The smallest absolute Gasteiger partial charge is 0.294 e. The quantitative estimate of drug-likeness (QED) is 0.467. The zero-order valence-corrected chi connectivity index (χ0v) is 8.33. The molecule has 16 heavy (non-hydrogen) atoms. The second-order valence-corrected chi connectivity index (χ2v) is 3.24. The first-order valence-corrected chi connectivity index (χ1v) is 4.61. The molecular weight excluding hydrogens is 208 g/mol. The third kappa shape index (κ3) is 1.95. The first kappa shape index (κ1) is 10.0. The first-order chi connectivity index (χ1) is 7.66. The summed E-state index contributed by atoms with van der Waals surface area (Å²) in [7, 11) is 0. The highest BCUT2D eigenvalue weighted by molar-refractivity contribution is 5.67. The van der Waals surface area contributed by atoms with Gasteiger partial charge in [-0.1, -0.05) is 0 Å². The summed E-state index contributed by atoms with van der Waals surface area (Å²) in [5.41, 5.74) is 9.28. The second kappa shape index (κ2) is 3.93. The van der Waals surface area contributed by atoms with Crippen LogP contribution in [0.2, 0.25) is 0 Å². The zero-order valence-electron chi connectivity index (χ0n) is 8.33. The van der Waals surface area contributed by atoms with Gasteiger partial charge in [0.25, 0.3) is 5.69 Å². The topological polar surface area (TPSA) is 86.1 Å². The van der Waals surface area contributed by atoms with Crippen LogP contribution >= 0.6 is 0 Å². The van der Waals surface area contributed by atoms with Crippen molar-refractivity contribution in [3.8, 4) is 0 Å². The number of aromatic nitrogens is 1. The number of rotatable bonds is 3. The summed E-state index contributed by atoms with van der Waals surface area (Å²) < 4.78 is 1.61. The molecule has 0 aliphatic carbocycles. The molecule has 0 aliphatic heterocycles. The van der Waals surface area contributed by atoms with Crippen LogP contribution in [0.4, 0.5) is 17.1 Å². The summed E-state index contributed by atoms with van der Waals surface area (Å²) in [5, 5.41) is 10.8. The molecule has 3 N–H and O–H groups in total. The van der Waals surface area contributed by atoms with E-state index in [2.05, 4.69) is 5.43 Å². The minimum Gasteiger partial charge on any atom is -0.399 e. The Kier molecular flexibility index (Phi) is 2.47. The third-order valence-corrected chi connectivity index (χ3v) is 2.07. The van der Waals surface area contributed by atoms with E-state index in [0.29, 0.717) is 11.4 Å². The fourth-order valence-corrected chi connectivity index (χ4v) is 1.35. The van der Waals surface area contributed by atoms with Crippen molar-refractivity contribution in [2.45, 2.75) is 0 Å². The van der Waals surface area contributed by atoms with Gasteiger partial charge in [0.05, 0.1) is 4.92 Å². The fraction of sp³-hybridized carbons (Fsp3) is 0. The summed E-state index contributed by atoms with van der Waals surface area (Å²) in [5.74, 6) is 0. The largest absolute Gasteiger partial charge is 0.399 e. The Morgan fingerprint density at radius 3 is 2.62 bits per heavy atom. The third-order valence-electron chi connectivity index (χ3n) is 2.07. The summed E-state index contributed by atoms with van der Waals surface area (Å²) in [4.78, 5) is 10.3. The Balaban J connectivity index is 2.38. The minimum atomic E-state index is -0.453. The van der Waals surface area contributed by atoms with Crippen LogP contribution in [0.15, 0.2) is 42.7 Å². The van der Waals surface area contributed by atoms with E-state index in [4.69, 9.17) is 5.73 Å². The van der Waals surface area contributed by atoms with Gasteiger partial charge in [-0.3, -0.25) is 20.2 Å². The van der Waals surface area contributed by atoms with Gasteiger partial charge >= 0.3 is 0 Å². The van der Waals surface area contributed by atoms with E-state index in [9.17, 15) is 10.1 Å². The average Bonchev–Trinajstić information content (AvgIpc) is 2.70. The molecule has 1 heterocycles. The molecule has 2 aromatic rings. The molecule has 0 aliphatic rings. The van der Waals surface area contributed by atoms with E-state index in [1.165, 1.54) is 18.2 Å². The number of anilines is 2. The lowest BCUT2D eigenvalue weighted by atomic mass is 10.2. The molecule has 1 aromatic carbocycles. The normalized spacial score (nSPS) is 10.0. The van der Waals surface area contributed by atoms with Crippen molar-refractivity contribution < 1.29 is 4.92 Å². The number of nitrogens with one attached hydrogen (secondary N) is 1. The number of nitro benzene ring substituents is 1. The van der Waals surface area contributed by atoms with Crippen LogP contribution in [0, 0.1) is 10.1 Å². The number of nitrogens with two attached hydrogens (primary N) is 1. The van der Waals surface area contributed by atoms with Crippen LogP contribution in [-0.2, 0) is 0 Å². The van der Waals surface area contributed by atoms with Gasteiger partial charge in [-0.15, -0.1) is 0 Å². The Bertz CT molecular complexity index is 508. The molecule has 0 saturated carbocycles. The Hall–Kier alpha value is -2.50. The summed E-state index contributed by atoms with van der Waals surface area (Å²) in [6.45, 7) is 0. The average molecular weight is 218 g/mol. The molecule has 6 heteroatoms. The molecule has 0 radical (unpaired) electrons. The van der Waals surface area contributed by atoms with E-state index < -0.39 is 4.92 Å². The fourth-order valence-electron chi connectivity index (χ4n) is 1.35. The van der Waals surface area contributed by atoms with Gasteiger partial charge in [0.1, 0.15) is 5.69 Å². The van der Waals surface area contributed by atoms with Crippen molar-refractivity contribution >= 4 is 17.1 Å². The van der Waals surface area contributed by atoms with Crippen LogP contribution in [0.1, 0.15) is 0 Å². The number of nitrogen functional groups attached to an aromatic ring is 1. The maximum atomic E-state index is 10.8. The summed E-state index contributed by atoms with van der Waals surface area (Å²) in [6, 6.07) is 8.02. The molecule has 0 spiro atoms. The maximum absolute atomic E-state index is 10.8. The zero-order chi connectivity index (χ0) is 11.5. The molecule has 0 amide bonds. The summed E-state index contributed by atoms with van der Waals surface area (Å²) >= 11 is 0. The van der Waals surface area contributed by atoms with Crippen molar-refractivity contribution in [2.75, 3.05) is 11.2 Å². The van der Waals surface area contributed by atoms with Crippen LogP contribution < -0.4 is 11.2 Å². The predicted molar refractivity (Wildman–Crippen MR) is 61.0 cm³/mol. The summed E-state index contributed by atoms with van der Waals surface area (Å²) in [6.07, 6.45) is 3.49. The lowest BCUT2D eigenvalue weighted by Crippen LogP contribution is -2.08. The molecule has 0 unspecified atom stereocenters. The molecule has 0 saturated heterocycles. The van der Waals surface area contributed by atoms with E-state index in [-0.39, 0.29) is 5.69 Å². The molecule has 0 atom stereocenters. The van der Waals surface area contributed by atoms with Crippen molar-refractivity contribution in [2.24, 2.45) is 0 Å². The Morgan fingerprint density at radius 1 is 1.31 bits per heavy atom. The van der Waals surface area contributed by atoms with Crippen LogP contribution in [-0.4, -0.2) is 9.60 Å². The first-order valence-electron chi connectivity index (χ1n) is 4.61. The van der Waals surface area contributed by atoms with Crippen LogP contribution in [0.3, 0.4) is 0 Å². The Morgan fingerprint density at radius 2 is 2.00 bits per heavy atom. The van der Waals surface area contributed by atoms with E-state index >= 15 is 0 Å². The maximum Gasteiger partial charge on any atom is 0.294 e. The van der Waals surface area contributed by atoms with Gasteiger partial charge in [0.2, 0.25) is 0 Å². The van der Waals surface area contributed by atoms with E-state index in [0.717, 1.165) is 0 Å². The Labute approximate surface area is 91.4 Å². The number of hydrogen-bond acceptors (Lipinski definition) is 4. The molecule has 0 bridgehead atoms. The highest BCUT2D eigenvalue weighted by Gasteiger charge is 2.13. The van der Waals surface area contributed by atoms with Gasteiger partial charge in [0, 0.05) is 24.1 Å². The predicted octanol–water partition coefficient (Wildman–Crippen LogP) is 1.85. The molecule has 0 fully saturated rings. The number of hydrogen-bond donors (Lipinski definition) is 2. The van der Waals surface area contributed by atoms with Gasteiger partial charge in [-0.2, -0.15) is 0 Å². The molecule has 82 valence electrons. The van der Waals surface area contributed by atoms with Gasteiger partial charge in [0.15, 0.2) is 0 Å². The highest BCUT2D eigenvalue weighted by atomic mass is 16.6. The monoisotopic (exact) mass is 218 g/mol. The van der Waals surface area contributed by atoms with E-state index in [1.54, 1.807) is 17.1 Å². The van der Waals surface area contributed by atoms with E-state index in [1.807, 2.05) is 12.1 Å². The van der Waals surface area contributed by atoms with Crippen LogP contribution in [0.5, 0.6) is 0 Å². The number of benzene rings is 1. The van der Waals surface area contributed by atoms with Crippen molar-refractivity contribution in [1.82, 2.24) is 4.68 Å². The lowest BCUT2D eigenvalue weighted by molar-refractivity contribution is -0.384. The van der Waals surface area contributed by atoms with Crippen molar-refractivity contribution in [3.05, 3.63) is 52.8 Å². The number of nitrogens with zero attached hydrogens (tertiary/aromatic N) is 2. The van der Waals surface area contributed by atoms with Gasteiger partial charge in [-0.25, -0.2) is 0 Å². The van der Waals surface area contributed by atoms with Gasteiger partial charge in [-0.05, 0) is 24.3 Å². The minimum absolute atomic E-state index is 0.0112. The molecule has 2 rings (SSSR count). The second-order valence-electron chi connectivity index (χ2n) is 3.24. The van der Waals surface area contributed by atoms with Crippen molar-refractivity contribution in [3.63, 3.8) is 0 Å². The standard InChI is InChI=1S/C10H10N4O2/c11-8-3-4-10(14(15)16)9(7-8)12-13-5-1-2-6-13/h1-7,12H,11H2. The molecule has 1 aromatic heterocycles. The van der Waals surface area contributed by atoms with Crippen molar-refractivity contribution in [1.29, 1.82) is 0 Å². The number of nitro groups is 1.